The number of thiophene rings is 1. The molecule has 8 heteroatoms. The number of aromatic amines is 1. The number of carbonyl (C=O) groups excluding carboxylic acids is 2. The number of esters is 1. The number of hydrogen-bond acceptors (Lipinski definition) is 6. The number of nitrogens with zero attached hydrogens (tertiary/aromatic N) is 1. The lowest BCUT2D eigenvalue weighted by Gasteiger charge is -2.12. The summed E-state index contributed by atoms with van der Waals surface area (Å²) in [6.45, 7) is 3.47. The van der Waals surface area contributed by atoms with Crippen LogP contribution in [0.25, 0.3) is 0 Å². The number of hydrogen-bond donors (Lipinski definition) is 2. The van der Waals surface area contributed by atoms with Crippen molar-refractivity contribution in [2.24, 2.45) is 0 Å². The fourth-order valence-electron chi connectivity index (χ4n) is 3.82. The van der Waals surface area contributed by atoms with E-state index in [0.29, 0.717) is 28.2 Å². The topological polar surface area (TPSA) is 112 Å². The standard InChI is InChI=1S/C21H23N3O4S/c1-11-13(12(2)23-19(26)15(11)10-22)8-9-17(25)24-20-18(21(27)28-3)14-6-4-5-7-16(14)29-20/h4-9H2,1-3H3,(H,23,26)(H,24,25). The molecular formula is C21H23N3O4S. The fourth-order valence-corrected chi connectivity index (χ4v) is 5.11. The smallest absolute Gasteiger partial charge is 0.341 e. The molecule has 0 spiro atoms. The van der Waals surface area contributed by atoms with Crippen LogP contribution in [-0.4, -0.2) is 24.0 Å². The molecule has 0 aliphatic heterocycles. The highest BCUT2D eigenvalue weighted by Gasteiger charge is 2.27. The average Bonchev–Trinajstić information content (AvgIpc) is 3.04. The van der Waals surface area contributed by atoms with Gasteiger partial charge in [0, 0.05) is 17.0 Å². The summed E-state index contributed by atoms with van der Waals surface area (Å²) in [7, 11) is 1.34. The molecule has 0 saturated carbocycles. The van der Waals surface area contributed by atoms with Crippen LogP contribution in [0.1, 0.15) is 62.4 Å². The van der Waals surface area contributed by atoms with E-state index in [1.54, 1.807) is 13.8 Å². The summed E-state index contributed by atoms with van der Waals surface area (Å²) in [6.07, 6.45) is 4.38. The first kappa shape index (κ1) is 20.8. The molecule has 0 atom stereocenters. The molecule has 152 valence electrons. The maximum atomic E-state index is 12.6. The van der Waals surface area contributed by atoms with E-state index in [1.165, 1.54) is 18.4 Å². The van der Waals surface area contributed by atoms with Gasteiger partial charge >= 0.3 is 5.97 Å². The zero-order valence-corrected chi connectivity index (χ0v) is 17.5. The molecular weight excluding hydrogens is 390 g/mol. The molecule has 1 amide bonds. The van der Waals surface area contributed by atoms with Gasteiger partial charge in [-0.1, -0.05) is 0 Å². The summed E-state index contributed by atoms with van der Waals surface area (Å²) in [6, 6.07) is 1.92. The van der Waals surface area contributed by atoms with Gasteiger partial charge in [0.05, 0.1) is 12.7 Å². The second-order valence-corrected chi connectivity index (χ2v) is 8.23. The number of nitrogens with one attached hydrogen (secondary N) is 2. The molecule has 0 saturated heterocycles. The number of aryl methyl sites for hydroxylation is 2. The molecule has 0 bridgehead atoms. The Bertz CT molecular complexity index is 1080. The zero-order chi connectivity index (χ0) is 21.1. The van der Waals surface area contributed by atoms with Crippen LogP contribution in [0.4, 0.5) is 5.00 Å². The molecule has 1 aliphatic carbocycles. The quantitative estimate of drug-likeness (QED) is 0.731. The molecule has 2 heterocycles. The highest BCUT2D eigenvalue weighted by atomic mass is 32.1. The first-order valence-electron chi connectivity index (χ1n) is 9.52. The van der Waals surface area contributed by atoms with E-state index in [0.717, 1.165) is 41.7 Å². The Morgan fingerprint density at radius 3 is 2.69 bits per heavy atom. The van der Waals surface area contributed by atoms with Gasteiger partial charge < -0.3 is 15.0 Å². The van der Waals surface area contributed by atoms with Gasteiger partial charge in [-0.05, 0) is 62.6 Å². The van der Waals surface area contributed by atoms with Crippen molar-refractivity contribution in [3.63, 3.8) is 0 Å². The number of aromatic nitrogens is 1. The minimum absolute atomic E-state index is 0.0740. The van der Waals surface area contributed by atoms with Crippen molar-refractivity contribution in [3.05, 3.63) is 48.7 Å². The van der Waals surface area contributed by atoms with E-state index in [2.05, 4.69) is 10.3 Å². The van der Waals surface area contributed by atoms with Gasteiger partial charge in [-0.15, -0.1) is 11.3 Å². The van der Waals surface area contributed by atoms with Crippen molar-refractivity contribution in [3.8, 4) is 6.07 Å². The second-order valence-electron chi connectivity index (χ2n) is 7.12. The number of pyridine rings is 1. The van der Waals surface area contributed by atoms with Crippen molar-refractivity contribution in [2.45, 2.75) is 52.4 Å². The molecule has 0 aromatic carbocycles. The number of amides is 1. The third-order valence-corrected chi connectivity index (χ3v) is 6.54. The predicted molar refractivity (Wildman–Crippen MR) is 111 cm³/mol. The summed E-state index contributed by atoms with van der Waals surface area (Å²) < 4.78 is 4.93. The SMILES string of the molecule is COC(=O)c1c(NC(=O)CCc2c(C)[nH]c(=O)c(C#N)c2C)sc2c1CCCC2. The Hall–Kier alpha value is -2.92. The highest BCUT2D eigenvalue weighted by Crippen LogP contribution is 2.38. The number of nitriles is 1. The maximum Gasteiger partial charge on any atom is 0.341 e. The summed E-state index contributed by atoms with van der Waals surface area (Å²) >= 11 is 1.45. The lowest BCUT2D eigenvalue weighted by molar-refractivity contribution is -0.116. The number of methoxy groups -OCH3 is 1. The molecule has 0 unspecified atom stereocenters. The van der Waals surface area contributed by atoms with Gasteiger partial charge in [0.25, 0.3) is 5.56 Å². The van der Waals surface area contributed by atoms with Crippen LogP contribution in [0, 0.1) is 25.2 Å². The van der Waals surface area contributed by atoms with Crippen LogP contribution in [0.5, 0.6) is 0 Å². The Morgan fingerprint density at radius 1 is 1.28 bits per heavy atom. The fraction of sp³-hybridized carbons (Fsp3) is 0.429. The zero-order valence-electron chi connectivity index (χ0n) is 16.7. The molecule has 2 N–H and O–H groups in total. The minimum atomic E-state index is -0.425. The lowest BCUT2D eigenvalue weighted by Crippen LogP contribution is -2.19. The molecule has 3 rings (SSSR count). The van der Waals surface area contributed by atoms with Crippen LogP contribution < -0.4 is 10.9 Å². The number of fused-ring (bicyclic) bond motifs is 1. The van der Waals surface area contributed by atoms with Crippen molar-refractivity contribution in [1.29, 1.82) is 5.26 Å². The highest BCUT2D eigenvalue weighted by molar-refractivity contribution is 7.17. The van der Waals surface area contributed by atoms with E-state index < -0.39 is 11.5 Å². The van der Waals surface area contributed by atoms with E-state index in [4.69, 9.17) is 4.74 Å². The number of H-pyrrole nitrogens is 1. The monoisotopic (exact) mass is 413 g/mol. The second kappa shape index (κ2) is 8.62. The third kappa shape index (κ3) is 4.10. The van der Waals surface area contributed by atoms with Crippen molar-refractivity contribution >= 4 is 28.2 Å². The summed E-state index contributed by atoms with van der Waals surface area (Å²) in [5.41, 5.74) is 3.17. The molecule has 0 fully saturated rings. The summed E-state index contributed by atoms with van der Waals surface area (Å²) in [4.78, 5) is 40.6. The van der Waals surface area contributed by atoms with E-state index in [-0.39, 0.29) is 17.9 Å². The molecule has 29 heavy (non-hydrogen) atoms. The number of rotatable bonds is 5. The van der Waals surface area contributed by atoms with Crippen molar-refractivity contribution in [1.82, 2.24) is 4.98 Å². The van der Waals surface area contributed by atoms with Crippen LogP contribution in [0.15, 0.2) is 4.79 Å². The molecule has 7 nitrogen and oxygen atoms in total. The predicted octanol–water partition coefficient (Wildman–Crippen LogP) is 3.16. The summed E-state index contributed by atoms with van der Waals surface area (Å²) in [5, 5.41) is 12.6. The Kier molecular flexibility index (Phi) is 6.18. The van der Waals surface area contributed by atoms with Crippen LogP contribution in [0.3, 0.4) is 0 Å². The van der Waals surface area contributed by atoms with Crippen LogP contribution in [-0.2, 0) is 28.8 Å². The molecule has 2 aromatic heterocycles. The van der Waals surface area contributed by atoms with Gasteiger partial charge in [-0.2, -0.15) is 5.26 Å². The Labute approximate surface area is 172 Å². The van der Waals surface area contributed by atoms with Crippen LogP contribution in [0.2, 0.25) is 0 Å². The van der Waals surface area contributed by atoms with Gasteiger partial charge in [-0.3, -0.25) is 9.59 Å². The van der Waals surface area contributed by atoms with E-state index >= 15 is 0 Å². The third-order valence-electron chi connectivity index (χ3n) is 5.34. The number of anilines is 1. The lowest BCUT2D eigenvalue weighted by atomic mass is 9.95. The van der Waals surface area contributed by atoms with E-state index in [9.17, 15) is 19.6 Å². The molecule has 0 radical (unpaired) electrons. The van der Waals surface area contributed by atoms with E-state index in [1.807, 2.05) is 6.07 Å². The van der Waals surface area contributed by atoms with Gasteiger partial charge in [0.2, 0.25) is 5.91 Å². The average molecular weight is 413 g/mol. The summed E-state index contributed by atoms with van der Waals surface area (Å²) in [5.74, 6) is -0.650. The minimum Gasteiger partial charge on any atom is -0.465 e. The Balaban J connectivity index is 1.79. The van der Waals surface area contributed by atoms with Gasteiger partial charge in [0.15, 0.2) is 0 Å². The van der Waals surface area contributed by atoms with Crippen molar-refractivity contribution in [2.75, 3.05) is 12.4 Å². The first-order chi connectivity index (χ1) is 13.9. The van der Waals surface area contributed by atoms with Crippen molar-refractivity contribution < 1.29 is 14.3 Å². The number of ether oxygens (including phenoxy) is 1. The Morgan fingerprint density at radius 2 is 2.00 bits per heavy atom. The van der Waals surface area contributed by atoms with Gasteiger partial charge in [-0.25, -0.2) is 4.79 Å². The largest absolute Gasteiger partial charge is 0.465 e. The van der Waals surface area contributed by atoms with Gasteiger partial charge in [0.1, 0.15) is 16.6 Å². The molecule has 2 aromatic rings. The first-order valence-corrected chi connectivity index (χ1v) is 10.3. The van der Waals surface area contributed by atoms with Crippen LogP contribution >= 0.6 is 11.3 Å². The molecule has 1 aliphatic rings. The normalized spacial score (nSPS) is 12.8. The number of carbonyl (C=O) groups is 2. The maximum absolute atomic E-state index is 12.6.